The van der Waals surface area contributed by atoms with Gasteiger partial charge in [0.1, 0.15) is 17.5 Å². The van der Waals surface area contributed by atoms with E-state index < -0.39 is 17.9 Å². The Morgan fingerprint density at radius 2 is 0.635 bits per heavy atom. The lowest BCUT2D eigenvalue weighted by Gasteiger charge is -2.57. The van der Waals surface area contributed by atoms with Gasteiger partial charge in [-0.2, -0.15) is 15.3 Å². The molecule has 6 aromatic carbocycles. The molecular formula is C78H78F3N9O6. The second-order valence-corrected chi connectivity index (χ2v) is 30.4. The van der Waals surface area contributed by atoms with Crippen molar-refractivity contribution in [1.29, 1.82) is 0 Å². The van der Waals surface area contributed by atoms with Crippen LogP contribution < -0.4 is 0 Å². The van der Waals surface area contributed by atoms with E-state index in [0.29, 0.717) is 17.8 Å². The number of carbonyl (C=O) groups is 3. The van der Waals surface area contributed by atoms with Crippen LogP contribution in [0.2, 0.25) is 0 Å². The lowest BCUT2D eigenvalue weighted by atomic mass is 9.47. The van der Waals surface area contributed by atoms with Crippen molar-refractivity contribution in [3.63, 3.8) is 0 Å². The van der Waals surface area contributed by atoms with Crippen molar-refractivity contribution < 1.29 is 42.9 Å². The Hall–Kier alpha value is -9.45. The number of benzene rings is 6. The average Bonchev–Trinajstić information content (AvgIpc) is 1.40. The van der Waals surface area contributed by atoms with Crippen LogP contribution in [0.5, 0.6) is 0 Å². The van der Waals surface area contributed by atoms with E-state index in [4.69, 9.17) is 0 Å². The second-order valence-electron chi connectivity index (χ2n) is 30.4. The minimum atomic E-state index is -0.656. The molecule has 15 nitrogen and oxygen atoms in total. The van der Waals surface area contributed by atoms with Crippen molar-refractivity contribution >= 4 is 83.3 Å². The van der Waals surface area contributed by atoms with Crippen LogP contribution >= 0.6 is 0 Å². The summed E-state index contributed by atoms with van der Waals surface area (Å²) < 4.78 is 47.9. The predicted octanol–water partition coefficient (Wildman–Crippen LogP) is 18.4. The molecule has 6 saturated carbocycles. The summed E-state index contributed by atoms with van der Waals surface area (Å²) in [7, 11) is 0. The van der Waals surface area contributed by atoms with Crippen LogP contribution in [0.15, 0.2) is 128 Å². The highest BCUT2D eigenvalue weighted by atomic mass is 19.1. The van der Waals surface area contributed by atoms with E-state index in [-0.39, 0.29) is 69.2 Å². The van der Waals surface area contributed by atoms with Gasteiger partial charge in [-0.1, -0.05) is 41.5 Å². The van der Waals surface area contributed by atoms with E-state index in [1.54, 1.807) is 0 Å². The summed E-state index contributed by atoms with van der Waals surface area (Å²) in [5.41, 5.74) is 17.7. The van der Waals surface area contributed by atoms with E-state index in [9.17, 15) is 42.9 Å². The first kappa shape index (κ1) is 61.4. The van der Waals surface area contributed by atoms with Crippen molar-refractivity contribution in [2.45, 2.75) is 154 Å². The fourth-order valence-corrected chi connectivity index (χ4v) is 19.0. The molecule has 0 aliphatic heterocycles. The van der Waals surface area contributed by atoms with Crippen LogP contribution in [0.3, 0.4) is 0 Å². The van der Waals surface area contributed by atoms with E-state index in [0.717, 1.165) is 143 Å². The predicted molar refractivity (Wildman–Crippen MR) is 365 cm³/mol. The fourth-order valence-electron chi connectivity index (χ4n) is 19.0. The number of aromatic amines is 3. The van der Waals surface area contributed by atoms with Crippen molar-refractivity contribution in [3.8, 4) is 17.1 Å². The Morgan fingerprint density at radius 3 is 0.854 bits per heavy atom. The maximum Gasteiger partial charge on any atom is 0.306 e. The molecule has 0 radical (unpaired) electrons. The van der Waals surface area contributed by atoms with Gasteiger partial charge in [0.25, 0.3) is 0 Å². The molecule has 6 aromatic heterocycles. The Bertz CT molecular complexity index is 4560. The summed E-state index contributed by atoms with van der Waals surface area (Å²) in [6.07, 6.45) is 16.6. The molecule has 18 rings (SSSR count). The summed E-state index contributed by atoms with van der Waals surface area (Å²) in [6.45, 7) is 13.3. The van der Waals surface area contributed by atoms with Crippen LogP contribution in [0, 0.1) is 51.5 Å². The summed E-state index contributed by atoms with van der Waals surface area (Å²) in [5.74, 6) is -1.15. The van der Waals surface area contributed by atoms with E-state index in [1.165, 1.54) is 86.3 Å². The van der Waals surface area contributed by atoms with E-state index in [1.807, 2.05) is 55.0 Å². The fraction of sp³-hybridized carbons (Fsp3) is 0.385. The van der Waals surface area contributed by atoms with Crippen LogP contribution in [0.4, 0.5) is 13.2 Å². The molecule has 6 N–H and O–H groups in total. The zero-order valence-electron chi connectivity index (χ0n) is 54.7. The third-order valence-electron chi connectivity index (χ3n) is 23.1. The van der Waals surface area contributed by atoms with Crippen molar-refractivity contribution in [2.24, 2.45) is 34.0 Å². The van der Waals surface area contributed by atoms with E-state index in [2.05, 4.69) is 122 Å². The SMILES string of the molecule is CC(C)c1c(C2CC3(CC(C(=O)O)C3)C2)c2cc3[nH]ncc3cc2n1-c1ccc(F)cc1.CC(C)c1c(C2CC3(CC(C(=O)O)C3)C2)c2cc3[nH]ncc3cc2n1-c1ccc(F)cc1.CC(C)c1c(C2CC3(CC(C(=O)O)C3)C2)c2cc3[nH]ncc3cc2n1-c1ccc(F)cc1. The molecular weight excluding hydrogens is 1220 g/mol. The largest absolute Gasteiger partial charge is 0.481 e. The van der Waals surface area contributed by atoms with Crippen LogP contribution in [0.1, 0.15) is 188 Å². The Balaban J connectivity index is 0.000000113. The highest BCUT2D eigenvalue weighted by molar-refractivity contribution is 6.01. The minimum absolute atomic E-state index is 0.175. The van der Waals surface area contributed by atoms with Crippen LogP contribution in [-0.4, -0.2) is 77.5 Å². The molecule has 0 atom stereocenters. The first-order chi connectivity index (χ1) is 46.0. The van der Waals surface area contributed by atoms with Gasteiger partial charge < -0.3 is 29.0 Å². The zero-order chi connectivity index (χ0) is 66.6. The number of carboxylic acid groups (broad SMARTS) is 3. The lowest BCUT2D eigenvalue weighted by Crippen LogP contribution is -2.49. The number of rotatable bonds is 12. The molecule has 6 heterocycles. The molecule has 0 bridgehead atoms. The van der Waals surface area contributed by atoms with E-state index >= 15 is 0 Å². The molecule has 6 aliphatic carbocycles. The highest BCUT2D eigenvalue weighted by Gasteiger charge is 2.58. The van der Waals surface area contributed by atoms with Gasteiger partial charge in [0.05, 0.1) is 69.4 Å². The lowest BCUT2D eigenvalue weighted by molar-refractivity contribution is -0.156. The second kappa shape index (κ2) is 22.6. The molecule has 0 saturated heterocycles. The maximum atomic E-state index is 13.7. The van der Waals surface area contributed by atoms with Crippen molar-refractivity contribution in [3.05, 3.63) is 179 Å². The minimum Gasteiger partial charge on any atom is -0.481 e. The van der Waals surface area contributed by atoms with Gasteiger partial charge in [-0.05, 0) is 255 Å². The quantitative estimate of drug-likeness (QED) is 0.0686. The Morgan fingerprint density at radius 1 is 0.396 bits per heavy atom. The molecule has 6 fully saturated rings. The number of aliphatic carboxylic acids is 3. The summed E-state index contributed by atoms with van der Waals surface area (Å²) in [6, 6.07) is 33.3. The topological polar surface area (TPSA) is 213 Å². The molecule has 6 aliphatic rings. The van der Waals surface area contributed by atoms with Gasteiger partial charge in [0, 0.05) is 66.5 Å². The Kier molecular flexibility index (Phi) is 14.5. The highest BCUT2D eigenvalue weighted by Crippen LogP contribution is 2.68. The number of halogens is 3. The number of nitrogens with one attached hydrogen (secondary N) is 3. The molecule has 18 heteroatoms. The zero-order valence-corrected chi connectivity index (χ0v) is 54.7. The Labute approximate surface area is 552 Å². The van der Waals surface area contributed by atoms with Gasteiger partial charge in [-0.25, -0.2) is 13.2 Å². The molecule has 0 unspecified atom stereocenters. The standard InChI is InChI=1S/3C26H26FN3O2/c3*1-14(2)24-23(16-9-26(10-16)11-17(12-26)25(31)32)20-8-21-15(13-28-29-21)7-22(20)30(24)19-5-3-18(27)4-6-19/h3*3-8,13-14,16-17H,9-12H2,1-2H3,(H,28,29)(H,31,32). The molecule has 492 valence electrons. The summed E-state index contributed by atoms with van der Waals surface area (Å²) in [4.78, 5) is 34.0. The smallest absolute Gasteiger partial charge is 0.306 e. The average molecular weight is 1290 g/mol. The van der Waals surface area contributed by atoms with Crippen molar-refractivity contribution in [1.82, 2.24) is 44.3 Å². The van der Waals surface area contributed by atoms with Crippen molar-refractivity contribution in [2.75, 3.05) is 0 Å². The third-order valence-corrected chi connectivity index (χ3v) is 23.1. The van der Waals surface area contributed by atoms with Gasteiger partial charge in [0.2, 0.25) is 0 Å². The summed E-state index contributed by atoms with van der Waals surface area (Å²) in [5, 5.41) is 56.7. The number of aromatic nitrogens is 9. The number of nitrogens with zero attached hydrogens (tertiary/aromatic N) is 6. The van der Waals surface area contributed by atoms with Gasteiger partial charge in [-0.15, -0.1) is 0 Å². The molecule has 3 spiro atoms. The molecule has 0 amide bonds. The third kappa shape index (κ3) is 10.0. The molecule has 96 heavy (non-hydrogen) atoms. The monoisotopic (exact) mass is 1290 g/mol. The van der Waals surface area contributed by atoms with Gasteiger partial charge in [-0.3, -0.25) is 29.7 Å². The van der Waals surface area contributed by atoms with Crippen LogP contribution in [-0.2, 0) is 14.4 Å². The summed E-state index contributed by atoms with van der Waals surface area (Å²) >= 11 is 0. The normalized spacial score (nSPS) is 24.9. The first-order valence-corrected chi connectivity index (χ1v) is 34.1. The first-order valence-electron chi connectivity index (χ1n) is 34.1. The number of fused-ring (bicyclic) bond motifs is 6. The van der Waals surface area contributed by atoms with Crippen LogP contribution in [0.25, 0.3) is 82.5 Å². The molecule has 12 aromatic rings. The maximum absolute atomic E-state index is 13.7. The van der Waals surface area contributed by atoms with Gasteiger partial charge in [0.15, 0.2) is 0 Å². The number of hydrogen-bond donors (Lipinski definition) is 6. The number of carboxylic acids is 3. The van der Waals surface area contributed by atoms with Gasteiger partial charge >= 0.3 is 17.9 Å². The number of H-pyrrole nitrogens is 3. The number of hydrogen-bond acceptors (Lipinski definition) is 6.